The average molecular weight is 274 g/mol. The summed E-state index contributed by atoms with van der Waals surface area (Å²) in [5.41, 5.74) is -0.112. The maximum absolute atomic E-state index is 11.8. The van der Waals surface area contributed by atoms with Crippen LogP contribution in [0.1, 0.15) is 37.7 Å². The number of carboxylic acids is 1. The van der Waals surface area contributed by atoms with Crippen LogP contribution in [0.4, 0.5) is 0 Å². The third kappa shape index (κ3) is 4.15. The number of aromatic carboxylic acids is 1. The number of carboxylic acid groups (broad SMARTS) is 1. The van der Waals surface area contributed by atoms with Crippen molar-refractivity contribution >= 4 is 16.0 Å². The van der Waals surface area contributed by atoms with Gasteiger partial charge >= 0.3 is 5.97 Å². The molecule has 0 bridgehead atoms. The van der Waals surface area contributed by atoms with Gasteiger partial charge in [-0.05, 0) is 17.9 Å². The van der Waals surface area contributed by atoms with Gasteiger partial charge in [-0.3, -0.25) is 0 Å². The first-order valence-electron chi connectivity index (χ1n) is 5.53. The molecule has 102 valence electrons. The SMILES string of the molecule is CC(C)(C)CCNS(=O)(=O)c1c[nH]c(C(=O)O)c1. The van der Waals surface area contributed by atoms with Crippen LogP contribution in [-0.4, -0.2) is 31.0 Å². The fourth-order valence-corrected chi connectivity index (χ4v) is 2.32. The lowest BCUT2D eigenvalue weighted by Gasteiger charge is -2.17. The van der Waals surface area contributed by atoms with Gasteiger partial charge in [0.1, 0.15) is 10.6 Å². The molecule has 0 aliphatic rings. The summed E-state index contributed by atoms with van der Waals surface area (Å²) in [6, 6.07) is 1.10. The van der Waals surface area contributed by atoms with Crippen LogP contribution >= 0.6 is 0 Å². The van der Waals surface area contributed by atoms with Gasteiger partial charge in [0.25, 0.3) is 0 Å². The van der Waals surface area contributed by atoms with Gasteiger partial charge in [0.05, 0.1) is 0 Å². The number of aromatic amines is 1. The minimum Gasteiger partial charge on any atom is -0.477 e. The summed E-state index contributed by atoms with van der Waals surface area (Å²) in [6.07, 6.45) is 1.87. The fraction of sp³-hybridized carbons (Fsp3) is 0.545. The molecule has 0 radical (unpaired) electrons. The lowest BCUT2D eigenvalue weighted by molar-refractivity contribution is 0.0691. The zero-order chi connectivity index (χ0) is 14.0. The smallest absolute Gasteiger partial charge is 0.352 e. The van der Waals surface area contributed by atoms with Crippen molar-refractivity contribution in [2.75, 3.05) is 6.54 Å². The Balaban J connectivity index is 2.71. The lowest BCUT2D eigenvalue weighted by atomic mass is 9.93. The molecule has 0 atom stereocenters. The number of sulfonamides is 1. The van der Waals surface area contributed by atoms with E-state index in [-0.39, 0.29) is 16.0 Å². The maximum atomic E-state index is 11.8. The first-order valence-corrected chi connectivity index (χ1v) is 7.01. The number of hydrogen-bond donors (Lipinski definition) is 3. The van der Waals surface area contributed by atoms with E-state index in [2.05, 4.69) is 9.71 Å². The van der Waals surface area contributed by atoms with E-state index < -0.39 is 16.0 Å². The molecular formula is C11H18N2O4S. The number of hydrogen-bond acceptors (Lipinski definition) is 3. The standard InChI is InChI=1S/C11H18N2O4S/c1-11(2,3)4-5-13-18(16,17)8-6-9(10(14)15)12-7-8/h6-7,12-13H,4-5H2,1-3H3,(H,14,15). The minimum atomic E-state index is -3.64. The Labute approximate surface area is 106 Å². The molecule has 0 saturated carbocycles. The van der Waals surface area contributed by atoms with Crippen LogP contribution in [0.5, 0.6) is 0 Å². The summed E-state index contributed by atoms with van der Waals surface area (Å²) in [6.45, 7) is 6.36. The predicted octanol–water partition coefficient (Wildman–Crippen LogP) is 1.43. The zero-order valence-corrected chi connectivity index (χ0v) is 11.5. The molecule has 1 aromatic heterocycles. The normalized spacial score (nSPS) is 12.6. The van der Waals surface area contributed by atoms with E-state index in [1.54, 1.807) is 0 Å². The molecule has 0 fully saturated rings. The quantitative estimate of drug-likeness (QED) is 0.756. The molecule has 6 nitrogen and oxygen atoms in total. The van der Waals surface area contributed by atoms with Crippen molar-refractivity contribution in [2.45, 2.75) is 32.1 Å². The molecule has 0 spiro atoms. The second kappa shape index (κ2) is 5.11. The molecule has 0 aliphatic carbocycles. The molecule has 1 rings (SSSR count). The van der Waals surface area contributed by atoms with E-state index in [0.29, 0.717) is 13.0 Å². The van der Waals surface area contributed by atoms with Crippen molar-refractivity contribution in [2.24, 2.45) is 5.41 Å². The molecule has 1 aromatic rings. The van der Waals surface area contributed by atoms with Gasteiger partial charge in [-0.2, -0.15) is 0 Å². The summed E-state index contributed by atoms with van der Waals surface area (Å²) >= 11 is 0. The van der Waals surface area contributed by atoms with E-state index >= 15 is 0 Å². The largest absolute Gasteiger partial charge is 0.477 e. The lowest BCUT2D eigenvalue weighted by Crippen LogP contribution is -2.27. The number of H-pyrrole nitrogens is 1. The van der Waals surface area contributed by atoms with Crippen molar-refractivity contribution in [1.82, 2.24) is 9.71 Å². The summed E-state index contributed by atoms with van der Waals surface area (Å²) in [5, 5.41) is 8.70. The van der Waals surface area contributed by atoms with Crippen LogP contribution < -0.4 is 4.72 Å². The molecular weight excluding hydrogens is 256 g/mol. The van der Waals surface area contributed by atoms with Crippen LogP contribution in [-0.2, 0) is 10.0 Å². The van der Waals surface area contributed by atoms with Crippen LogP contribution in [0.15, 0.2) is 17.2 Å². The Bertz CT molecular complexity index is 525. The Hall–Kier alpha value is -1.34. The summed E-state index contributed by atoms with van der Waals surface area (Å²) < 4.78 is 26.1. The molecule has 0 unspecified atom stereocenters. The molecule has 0 amide bonds. The first kappa shape index (κ1) is 14.7. The van der Waals surface area contributed by atoms with Gasteiger partial charge in [-0.15, -0.1) is 0 Å². The second-order valence-corrected chi connectivity index (χ2v) is 7.03. The van der Waals surface area contributed by atoms with Crippen molar-refractivity contribution < 1.29 is 18.3 Å². The number of aromatic nitrogens is 1. The molecule has 7 heteroatoms. The van der Waals surface area contributed by atoms with Gasteiger partial charge in [0.15, 0.2) is 0 Å². The van der Waals surface area contributed by atoms with Gasteiger partial charge < -0.3 is 10.1 Å². The molecule has 1 heterocycles. The second-order valence-electron chi connectivity index (χ2n) is 5.26. The van der Waals surface area contributed by atoms with E-state index in [0.717, 1.165) is 6.07 Å². The highest BCUT2D eigenvalue weighted by Gasteiger charge is 2.19. The number of rotatable bonds is 5. The van der Waals surface area contributed by atoms with E-state index in [4.69, 9.17) is 5.11 Å². The molecule has 3 N–H and O–H groups in total. The Morgan fingerprint density at radius 2 is 2.06 bits per heavy atom. The van der Waals surface area contributed by atoms with Gasteiger partial charge in [0, 0.05) is 12.7 Å². The van der Waals surface area contributed by atoms with Crippen molar-refractivity contribution in [3.8, 4) is 0 Å². The molecule has 0 aromatic carbocycles. The Morgan fingerprint density at radius 1 is 1.44 bits per heavy atom. The highest BCUT2D eigenvalue weighted by Crippen LogP contribution is 2.18. The first-order chi connectivity index (χ1) is 8.12. The monoisotopic (exact) mass is 274 g/mol. The van der Waals surface area contributed by atoms with E-state index in [1.807, 2.05) is 20.8 Å². The van der Waals surface area contributed by atoms with Gasteiger partial charge in [-0.1, -0.05) is 20.8 Å². The van der Waals surface area contributed by atoms with Crippen LogP contribution in [0.3, 0.4) is 0 Å². The van der Waals surface area contributed by atoms with Crippen LogP contribution in [0.2, 0.25) is 0 Å². The molecule has 0 aliphatic heterocycles. The molecule has 18 heavy (non-hydrogen) atoms. The number of carbonyl (C=O) groups is 1. The van der Waals surface area contributed by atoms with Gasteiger partial charge in [-0.25, -0.2) is 17.9 Å². The maximum Gasteiger partial charge on any atom is 0.352 e. The minimum absolute atomic E-state index is 0.0346. The van der Waals surface area contributed by atoms with Crippen LogP contribution in [0, 0.1) is 5.41 Å². The van der Waals surface area contributed by atoms with Crippen LogP contribution in [0.25, 0.3) is 0 Å². The highest BCUT2D eigenvalue weighted by atomic mass is 32.2. The van der Waals surface area contributed by atoms with E-state index in [9.17, 15) is 13.2 Å². The highest BCUT2D eigenvalue weighted by molar-refractivity contribution is 7.89. The zero-order valence-electron chi connectivity index (χ0n) is 10.6. The Morgan fingerprint density at radius 3 is 2.50 bits per heavy atom. The topological polar surface area (TPSA) is 99.3 Å². The van der Waals surface area contributed by atoms with Gasteiger partial charge in [0.2, 0.25) is 10.0 Å². The summed E-state index contributed by atoms with van der Waals surface area (Å²) in [7, 11) is -3.64. The molecule has 0 saturated heterocycles. The van der Waals surface area contributed by atoms with Crippen molar-refractivity contribution in [3.05, 3.63) is 18.0 Å². The summed E-state index contributed by atoms with van der Waals surface area (Å²) in [4.78, 5) is 13.0. The summed E-state index contributed by atoms with van der Waals surface area (Å²) in [5.74, 6) is -1.19. The van der Waals surface area contributed by atoms with Crippen molar-refractivity contribution in [3.63, 3.8) is 0 Å². The average Bonchev–Trinajstić information content (AvgIpc) is 2.63. The third-order valence-electron chi connectivity index (χ3n) is 2.36. The number of nitrogens with one attached hydrogen (secondary N) is 2. The fourth-order valence-electron chi connectivity index (χ4n) is 1.30. The third-order valence-corrected chi connectivity index (χ3v) is 3.80. The Kier molecular flexibility index (Phi) is 4.18. The van der Waals surface area contributed by atoms with Crippen molar-refractivity contribution in [1.29, 1.82) is 0 Å². The van der Waals surface area contributed by atoms with E-state index in [1.165, 1.54) is 6.20 Å². The predicted molar refractivity (Wildman–Crippen MR) is 67.0 cm³/mol.